The maximum atomic E-state index is 13.2. The van der Waals surface area contributed by atoms with Crippen LogP contribution in [0.15, 0.2) is 18.2 Å². The number of hydrogen-bond donors (Lipinski definition) is 3. The molecular weight excluding hydrogens is 173 g/mol. The van der Waals surface area contributed by atoms with Gasteiger partial charge in [-0.25, -0.2) is 4.39 Å². The van der Waals surface area contributed by atoms with Crippen molar-refractivity contribution < 1.29 is 14.6 Å². The van der Waals surface area contributed by atoms with E-state index in [9.17, 15) is 4.39 Å². The van der Waals surface area contributed by atoms with E-state index in [4.69, 9.17) is 15.9 Å². The Labute approximate surface area is 75.6 Å². The molecule has 0 aliphatic carbocycles. The molecule has 3 nitrogen and oxygen atoms in total. The molecule has 1 atom stereocenters. The predicted octanol–water partition coefficient (Wildman–Crippen LogP) is 0.913. The van der Waals surface area contributed by atoms with Gasteiger partial charge in [-0.2, -0.15) is 0 Å². The summed E-state index contributed by atoms with van der Waals surface area (Å²) in [5, 5.41) is 17.6. The minimum Gasteiger partial charge on any atom is -0.505 e. The summed E-state index contributed by atoms with van der Waals surface area (Å²) in [5.41, 5.74) is 5.79. The normalized spacial score (nSPS) is 12.8. The molecule has 1 aromatic rings. The number of hydrogen-bond acceptors (Lipinski definition) is 3. The van der Waals surface area contributed by atoms with E-state index in [0.717, 1.165) is 0 Å². The molecule has 0 aliphatic rings. The molecule has 4 heteroatoms. The lowest BCUT2D eigenvalue weighted by Crippen LogP contribution is -2.13. The largest absolute Gasteiger partial charge is 0.505 e. The fourth-order valence-electron chi connectivity index (χ4n) is 1.12. The summed E-state index contributed by atoms with van der Waals surface area (Å²) in [6, 6.07) is 3.70. The highest BCUT2D eigenvalue weighted by Crippen LogP contribution is 2.24. The van der Waals surface area contributed by atoms with Gasteiger partial charge in [0.25, 0.3) is 0 Å². The van der Waals surface area contributed by atoms with Gasteiger partial charge in [0.05, 0.1) is 0 Å². The zero-order valence-electron chi connectivity index (χ0n) is 7.07. The van der Waals surface area contributed by atoms with Crippen LogP contribution in [0, 0.1) is 5.82 Å². The van der Waals surface area contributed by atoms with Crippen LogP contribution < -0.4 is 5.73 Å². The molecule has 72 valence electrons. The van der Waals surface area contributed by atoms with Crippen molar-refractivity contribution in [2.75, 3.05) is 6.61 Å². The first-order valence-electron chi connectivity index (χ1n) is 4.00. The summed E-state index contributed by atoms with van der Waals surface area (Å²) in [7, 11) is 0. The van der Waals surface area contributed by atoms with Crippen LogP contribution in [0.2, 0.25) is 0 Å². The third-order valence-electron chi connectivity index (χ3n) is 1.85. The molecule has 0 radical (unpaired) electrons. The lowest BCUT2D eigenvalue weighted by molar-refractivity contribution is 0.275. The Hall–Kier alpha value is -1.13. The number of rotatable bonds is 3. The molecule has 0 bridgehead atoms. The highest BCUT2D eigenvalue weighted by molar-refractivity contribution is 5.31. The molecule has 0 aliphatic heterocycles. The number of phenolic OH excluding ortho intramolecular Hbond substituents is 1. The van der Waals surface area contributed by atoms with Crippen LogP contribution in [0.1, 0.15) is 18.0 Å². The summed E-state index contributed by atoms with van der Waals surface area (Å²) in [4.78, 5) is 0. The number of aliphatic hydroxyl groups is 1. The molecule has 13 heavy (non-hydrogen) atoms. The average Bonchev–Trinajstić information content (AvgIpc) is 2.10. The van der Waals surface area contributed by atoms with Gasteiger partial charge in [-0.1, -0.05) is 12.1 Å². The third-order valence-corrected chi connectivity index (χ3v) is 1.85. The maximum absolute atomic E-state index is 13.2. The van der Waals surface area contributed by atoms with Crippen molar-refractivity contribution in [1.29, 1.82) is 0 Å². The van der Waals surface area contributed by atoms with Crippen LogP contribution >= 0.6 is 0 Å². The molecule has 0 heterocycles. The molecule has 0 amide bonds. The first-order valence-corrected chi connectivity index (χ1v) is 4.00. The fraction of sp³-hybridized carbons (Fsp3) is 0.333. The van der Waals surface area contributed by atoms with Gasteiger partial charge in [0.1, 0.15) is 0 Å². The van der Waals surface area contributed by atoms with Gasteiger partial charge in [-0.15, -0.1) is 0 Å². The molecule has 1 rings (SSSR count). The summed E-state index contributed by atoms with van der Waals surface area (Å²) in [5.74, 6) is -1.12. The molecule has 4 N–H and O–H groups in total. The zero-order chi connectivity index (χ0) is 9.84. The average molecular weight is 185 g/mol. The van der Waals surface area contributed by atoms with Gasteiger partial charge in [0.15, 0.2) is 11.6 Å². The number of benzene rings is 1. The summed E-state index contributed by atoms with van der Waals surface area (Å²) >= 11 is 0. The SMILES string of the molecule is N[C@@H](CCO)c1cccc(O)c1F. The Morgan fingerprint density at radius 2 is 2.15 bits per heavy atom. The van der Waals surface area contributed by atoms with Gasteiger partial charge in [0, 0.05) is 18.2 Å². The van der Waals surface area contributed by atoms with Crippen LogP contribution in [0.3, 0.4) is 0 Å². The van der Waals surface area contributed by atoms with Crippen molar-refractivity contribution in [3.63, 3.8) is 0 Å². The van der Waals surface area contributed by atoms with E-state index in [2.05, 4.69) is 0 Å². The van der Waals surface area contributed by atoms with Crippen molar-refractivity contribution >= 4 is 0 Å². The molecule has 0 fully saturated rings. The number of phenols is 1. The van der Waals surface area contributed by atoms with E-state index in [1.54, 1.807) is 0 Å². The van der Waals surface area contributed by atoms with Crippen LogP contribution in [0.4, 0.5) is 4.39 Å². The second kappa shape index (κ2) is 4.20. The molecule has 0 saturated heterocycles. The number of aromatic hydroxyl groups is 1. The van der Waals surface area contributed by atoms with Crippen LogP contribution in [-0.4, -0.2) is 16.8 Å². The Balaban J connectivity index is 2.93. The second-order valence-corrected chi connectivity index (χ2v) is 2.80. The molecule has 1 aromatic carbocycles. The quantitative estimate of drug-likeness (QED) is 0.655. The highest BCUT2D eigenvalue weighted by atomic mass is 19.1. The van der Waals surface area contributed by atoms with Gasteiger partial charge >= 0.3 is 0 Å². The Morgan fingerprint density at radius 1 is 1.46 bits per heavy atom. The molecule has 0 spiro atoms. The van der Waals surface area contributed by atoms with E-state index < -0.39 is 17.6 Å². The van der Waals surface area contributed by atoms with Gasteiger partial charge in [-0.05, 0) is 12.5 Å². The monoisotopic (exact) mass is 185 g/mol. The van der Waals surface area contributed by atoms with Gasteiger partial charge in [-0.3, -0.25) is 0 Å². The predicted molar refractivity (Wildman–Crippen MR) is 46.7 cm³/mol. The lowest BCUT2D eigenvalue weighted by Gasteiger charge is -2.11. The number of aliphatic hydroxyl groups excluding tert-OH is 1. The Bertz CT molecular complexity index is 291. The summed E-state index contributed by atoms with van der Waals surface area (Å²) in [6.45, 7) is -0.101. The molecule has 0 unspecified atom stereocenters. The minimum atomic E-state index is -0.705. The van der Waals surface area contributed by atoms with E-state index >= 15 is 0 Å². The van der Waals surface area contributed by atoms with E-state index in [0.29, 0.717) is 0 Å². The number of nitrogens with two attached hydrogens (primary N) is 1. The van der Waals surface area contributed by atoms with Gasteiger partial charge in [0.2, 0.25) is 0 Å². The van der Waals surface area contributed by atoms with Crippen LogP contribution in [0.5, 0.6) is 5.75 Å². The minimum absolute atomic E-state index is 0.101. The van der Waals surface area contributed by atoms with Crippen molar-refractivity contribution in [3.05, 3.63) is 29.6 Å². The summed E-state index contributed by atoms with van der Waals surface area (Å²) in [6.07, 6.45) is 0.278. The summed E-state index contributed by atoms with van der Waals surface area (Å²) < 4.78 is 13.2. The standard InChI is InChI=1S/C9H12FNO2/c10-9-6(7(11)4-5-12)2-1-3-8(9)13/h1-3,7,12-13H,4-5,11H2/t7-/m0/s1. The molecular formula is C9H12FNO2. The second-order valence-electron chi connectivity index (χ2n) is 2.80. The van der Waals surface area contributed by atoms with Crippen molar-refractivity contribution in [2.45, 2.75) is 12.5 Å². The molecule has 0 saturated carbocycles. The lowest BCUT2D eigenvalue weighted by atomic mass is 10.0. The van der Waals surface area contributed by atoms with Crippen molar-refractivity contribution in [1.82, 2.24) is 0 Å². The highest BCUT2D eigenvalue weighted by Gasteiger charge is 2.13. The smallest absolute Gasteiger partial charge is 0.169 e. The topological polar surface area (TPSA) is 66.5 Å². The van der Waals surface area contributed by atoms with Crippen molar-refractivity contribution in [2.24, 2.45) is 5.73 Å². The zero-order valence-corrected chi connectivity index (χ0v) is 7.07. The third kappa shape index (κ3) is 2.17. The number of halogens is 1. The maximum Gasteiger partial charge on any atom is 0.169 e. The van der Waals surface area contributed by atoms with Crippen LogP contribution in [0.25, 0.3) is 0 Å². The first-order chi connectivity index (χ1) is 6.16. The van der Waals surface area contributed by atoms with Crippen LogP contribution in [-0.2, 0) is 0 Å². The van der Waals surface area contributed by atoms with E-state index in [1.165, 1.54) is 18.2 Å². The van der Waals surface area contributed by atoms with E-state index in [1.807, 2.05) is 0 Å². The fourth-order valence-corrected chi connectivity index (χ4v) is 1.12. The Kier molecular flexibility index (Phi) is 3.22. The molecule has 0 aromatic heterocycles. The first kappa shape index (κ1) is 9.95. The Morgan fingerprint density at radius 3 is 2.77 bits per heavy atom. The van der Waals surface area contributed by atoms with E-state index in [-0.39, 0.29) is 18.6 Å². The van der Waals surface area contributed by atoms with Gasteiger partial charge < -0.3 is 15.9 Å². The van der Waals surface area contributed by atoms with Crippen molar-refractivity contribution in [3.8, 4) is 5.75 Å².